The molecule has 0 rings (SSSR count). The molecule has 0 aromatic carbocycles. The SMILES string of the molecule is CC#CNNCI. The second-order valence-corrected chi connectivity index (χ2v) is 1.57. The Hall–Kier alpha value is 0.0500. The summed E-state index contributed by atoms with van der Waals surface area (Å²) < 4.78 is 0.867. The first kappa shape index (κ1) is 7.05. The zero-order valence-corrected chi connectivity index (χ0v) is 6.24. The van der Waals surface area contributed by atoms with Gasteiger partial charge in [0.1, 0.15) is 0 Å². The molecule has 0 atom stereocenters. The Labute approximate surface area is 57.2 Å². The summed E-state index contributed by atoms with van der Waals surface area (Å²) in [4.78, 5) is 0. The van der Waals surface area contributed by atoms with Crippen molar-refractivity contribution >= 4 is 22.6 Å². The standard InChI is InChI=1S/C4H7IN2/c1-2-3-6-7-4-5/h6-7H,4H2,1H3. The van der Waals surface area contributed by atoms with Crippen LogP contribution >= 0.6 is 22.6 Å². The lowest BCUT2D eigenvalue weighted by atomic mass is 10.8. The third-order valence-electron chi connectivity index (χ3n) is 0.343. The van der Waals surface area contributed by atoms with E-state index in [2.05, 4.69) is 45.4 Å². The normalized spacial score (nSPS) is 6.57. The van der Waals surface area contributed by atoms with Crippen molar-refractivity contribution in [3.05, 3.63) is 0 Å². The highest BCUT2D eigenvalue weighted by Crippen LogP contribution is 1.66. The highest BCUT2D eigenvalue weighted by Gasteiger charge is 1.65. The van der Waals surface area contributed by atoms with Crippen LogP contribution in [0.5, 0.6) is 0 Å². The fourth-order valence-corrected chi connectivity index (χ4v) is 0.331. The van der Waals surface area contributed by atoms with Gasteiger partial charge < -0.3 is 0 Å². The number of rotatable bonds is 2. The molecule has 0 amide bonds. The van der Waals surface area contributed by atoms with E-state index < -0.39 is 0 Å². The molecule has 2 nitrogen and oxygen atoms in total. The van der Waals surface area contributed by atoms with Crippen LogP contribution in [0.25, 0.3) is 0 Å². The predicted molar refractivity (Wildman–Crippen MR) is 38.6 cm³/mol. The molecule has 0 heterocycles. The van der Waals surface area contributed by atoms with Gasteiger partial charge in [0.25, 0.3) is 0 Å². The second kappa shape index (κ2) is 6.05. The maximum absolute atomic E-state index is 2.81. The van der Waals surface area contributed by atoms with Gasteiger partial charge in [0.05, 0.1) is 4.55 Å². The second-order valence-electron chi connectivity index (χ2n) is 0.810. The summed E-state index contributed by atoms with van der Waals surface area (Å²) in [6.07, 6.45) is 0. The van der Waals surface area contributed by atoms with Crippen LogP contribution in [0.4, 0.5) is 0 Å². The number of halogens is 1. The Bertz CT molecular complexity index is 81.4. The van der Waals surface area contributed by atoms with E-state index in [1.54, 1.807) is 6.92 Å². The van der Waals surface area contributed by atoms with Crippen LogP contribution in [-0.4, -0.2) is 4.55 Å². The minimum Gasteiger partial charge on any atom is -0.280 e. The quantitative estimate of drug-likeness (QED) is 0.131. The first-order chi connectivity index (χ1) is 3.41. The Kier molecular flexibility index (Phi) is 6.09. The highest BCUT2D eigenvalue weighted by molar-refractivity contribution is 14.1. The molecule has 0 radical (unpaired) electrons. The molecule has 0 aromatic heterocycles. The van der Waals surface area contributed by atoms with Gasteiger partial charge in [0.15, 0.2) is 0 Å². The van der Waals surface area contributed by atoms with Gasteiger partial charge in [-0.2, -0.15) is 0 Å². The summed E-state index contributed by atoms with van der Waals surface area (Å²) >= 11 is 2.19. The molecule has 0 spiro atoms. The molecule has 0 saturated carbocycles. The van der Waals surface area contributed by atoms with E-state index in [1.807, 2.05) is 0 Å². The molecule has 0 bridgehead atoms. The number of hydrogen-bond donors (Lipinski definition) is 2. The lowest BCUT2D eigenvalue weighted by Crippen LogP contribution is -2.24. The van der Waals surface area contributed by atoms with E-state index in [9.17, 15) is 0 Å². The van der Waals surface area contributed by atoms with Crippen LogP contribution in [0.1, 0.15) is 6.92 Å². The molecular formula is C4H7IN2. The van der Waals surface area contributed by atoms with Gasteiger partial charge in [-0.25, -0.2) is 5.43 Å². The monoisotopic (exact) mass is 210 g/mol. The molecule has 0 saturated heterocycles. The van der Waals surface area contributed by atoms with Crippen molar-refractivity contribution < 1.29 is 0 Å². The minimum absolute atomic E-state index is 0.867. The summed E-state index contributed by atoms with van der Waals surface area (Å²) in [6.45, 7) is 1.78. The molecule has 40 valence electrons. The molecule has 0 aromatic rings. The predicted octanol–water partition coefficient (Wildman–Crippen LogP) is 0.454. The van der Waals surface area contributed by atoms with Crippen molar-refractivity contribution in [2.45, 2.75) is 6.92 Å². The van der Waals surface area contributed by atoms with Crippen molar-refractivity contribution in [2.75, 3.05) is 4.55 Å². The van der Waals surface area contributed by atoms with E-state index in [-0.39, 0.29) is 0 Å². The van der Waals surface area contributed by atoms with Crippen molar-refractivity contribution in [2.24, 2.45) is 0 Å². The highest BCUT2D eigenvalue weighted by atomic mass is 127. The molecule has 0 aliphatic heterocycles. The smallest absolute Gasteiger partial charge is 0.0673 e. The Morgan fingerprint density at radius 1 is 1.71 bits per heavy atom. The van der Waals surface area contributed by atoms with E-state index in [0.29, 0.717) is 0 Å². The van der Waals surface area contributed by atoms with Crippen LogP contribution in [0.3, 0.4) is 0 Å². The molecule has 3 heteroatoms. The van der Waals surface area contributed by atoms with Crippen molar-refractivity contribution in [1.29, 1.82) is 0 Å². The zero-order chi connectivity index (χ0) is 5.54. The molecule has 7 heavy (non-hydrogen) atoms. The number of hydrogen-bond acceptors (Lipinski definition) is 2. The number of nitrogens with one attached hydrogen (secondary N) is 2. The maximum Gasteiger partial charge on any atom is 0.0673 e. The van der Waals surface area contributed by atoms with E-state index in [1.165, 1.54) is 0 Å². The first-order valence-electron chi connectivity index (χ1n) is 1.87. The van der Waals surface area contributed by atoms with E-state index in [0.717, 1.165) is 4.55 Å². The summed E-state index contributed by atoms with van der Waals surface area (Å²) in [5.74, 6) is 2.68. The summed E-state index contributed by atoms with van der Waals surface area (Å²) in [7, 11) is 0. The van der Waals surface area contributed by atoms with Crippen LogP contribution in [0, 0.1) is 12.0 Å². The first-order valence-corrected chi connectivity index (χ1v) is 3.40. The maximum atomic E-state index is 2.81. The van der Waals surface area contributed by atoms with E-state index >= 15 is 0 Å². The molecule has 0 unspecified atom stereocenters. The summed E-state index contributed by atoms with van der Waals surface area (Å²) in [5, 5.41) is 0. The summed E-state index contributed by atoms with van der Waals surface area (Å²) in [6, 6.07) is 2.63. The largest absolute Gasteiger partial charge is 0.280 e. The van der Waals surface area contributed by atoms with Crippen LogP contribution < -0.4 is 10.9 Å². The Morgan fingerprint density at radius 2 is 2.43 bits per heavy atom. The van der Waals surface area contributed by atoms with Gasteiger partial charge in [0, 0.05) is 6.04 Å². The van der Waals surface area contributed by atoms with Gasteiger partial charge in [-0.1, -0.05) is 28.5 Å². The summed E-state index contributed by atoms with van der Waals surface area (Å²) in [5.41, 5.74) is 5.48. The average Bonchev–Trinajstić information content (AvgIpc) is 1.69. The fourth-order valence-electron chi connectivity index (χ4n) is 0.140. The third kappa shape index (κ3) is 6.05. The van der Waals surface area contributed by atoms with Crippen molar-refractivity contribution in [3.63, 3.8) is 0 Å². The molecule has 0 aliphatic rings. The number of alkyl halides is 1. The van der Waals surface area contributed by atoms with Gasteiger partial charge in [0.2, 0.25) is 0 Å². The number of hydrazine groups is 1. The van der Waals surface area contributed by atoms with Crippen LogP contribution in [-0.2, 0) is 0 Å². The fraction of sp³-hybridized carbons (Fsp3) is 0.500. The van der Waals surface area contributed by atoms with Crippen molar-refractivity contribution in [1.82, 2.24) is 10.9 Å². The van der Waals surface area contributed by atoms with E-state index in [4.69, 9.17) is 0 Å². The Balaban J connectivity index is 2.78. The Morgan fingerprint density at radius 3 is 2.86 bits per heavy atom. The molecule has 0 aliphatic carbocycles. The lowest BCUT2D eigenvalue weighted by Gasteiger charge is -1.90. The molecular weight excluding hydrogens is 203 g/mol. The minimum atomic E-state index is 0.867. The van der Waals surface area contributed by atoms with Crippen LogP contribution in [0.2, 0.25) is 0 Å². The molecule has 2 N–H and O–H groups in total. The molecule has 0 fully saturated rings. The average molecular weight is 210 g/mol. The topological polar surface area (TPSA) is 24.1 Å². The van der Waals surface area contributed by atoms with Gasteiger partial charge in [-0.05, 0) is 6.92 Å². The van der Waals surface area contributed by atoms with Gasteiger partial charge in [-0.15, -0.1) is 0 Å². The van der Waals surface area contributed by atoms with Crippen molar-refractivity contribution in [3.8, 4) is 12.0 Å². The van der Waals surface area contributed by atoms with Gasteiger partial charge in [-0.3, -0.25) is 5.43 Å². The van der Waals surface area contributed by atoms with Crippen LogP contribution in [0.15, 0.2) is 0 Å². The third-order valence-corrected chi connectivity index (χ3v) is 0.724. The zero-order valence-electron chi connectivity index (χ0n) is 4.09. The lowest BCUT2D eigenvalue weighted by molar-refractivity contribution is 0.745. The van der Waals surface area contributed by atoms with Gasteiger partial charge >= 0.3 is 0 Å².